The van der Waals surface area contributed by atoms with Crippen molar-refractivity contribution in [3.05, 3.63) is 40.5 Å². The summed E-state index contributed by atoms with van der Waals surface area (Å²) in [6.45, 7) is 0.624. The Morgan fingerprint density at radius 2 is 2.30 bits per heavy atom. The molecule has 6 N–H and O–H groups in total. The van der Waals surface area contributed by atoms with Crippen LogP contribution < -0.4 is 16.8 Å². The number of aromatic nitrogens is 2. The highest BCUT2D eigenvalue weighted by Gasteiger charge is 2.41. The summed E-state index contributed by atoms with van der Waals surface area (Å²) in [7, 11) is 1.69. The molecule has 2 aliphatic rings. The molecule has 0 amide bonds. The number of nitrogens with zero attached hydrogens (tertiary/aromatic N) is 2. The maximum absolute atomic E-state index is 5.97. The van der Waals surface area contributed by atoms with E-state index in [0.29, 0.717) is 18.4 Å². The minimum atomic E-state index is -0.297. The second-order valence-electron chi connectivity index (χ2n) is 4.60. The highest BCUT2D eigenvalue weighted by Crippen LogP contribution is 2.53. The first kappa shape index (κ1) is 13.1. The van der Waals surface area contributed by atoms with Crippen LogP contribution in [0.5, 0.6) is 0 Å². The number of thioether (sulfide) groups is 1. The van der Waals surface area contributed by atoms with Gasteiger partial charge in [0.1, 0.15) is 5.82 Å². The van der Waals surface area contributed by atoms with E-state index in [-0.39, 0.29) is 4.75 Å². The third-order valence-corrected chi connectivity index (χ3v) is 4.82. The highest BCUT2D eigenvalue weighted by molar-refractivity contribution is 8.04. The number of methoxy groups -OCH3 is 1. The number of H-pyrrole nitrogens is 1. The third kappa shape index (κ3) is 2.06. The number of fused-ring (bicyclic) bond motifs is 1. The van der Waals surface area contributed by atoms with Crippen LogP contribution in [0.1, 0.15) is 12.1 Å². The zero-order valence-electron chi connectivity index (χ0n) is 11.0. The largest absolute Gasteiger partial charge is 0.385 e. The molecule has 0 radical (unpaired) electrons. The van der Waals surface area contributed by atoms with Crippen LogP contribution in [0.25, 0.3) is 0 Å². The fourth-order valence-electron chi connectivity index (χ4n) is 2.33. The standard InChI is InChI=1S/C12H16N6OS/c1-19-5-3-12(8-2-4-15-18-8)6-7-9(20-12)10(13)17-11(14)16-7/h2,4,6H,3,5,13H2,1H3,(H,15,18)(H3,14,16,17). The van der Waals surface area contributed by atoms with Crippen molar-refractivity contribution in [1.29, 1.82) is 0 Å². The van der Waals surface area contributed by atoms with Gasteiger partial charge in [0.2, 0.25) is 0 Å². The first-order valence-electron chi connectivity index (χ1n) is 6.16. The molecule has 2 aliphatic heterocycles. The lowest BCUT2D eigenvalue weighted by molar-refractivity contribution is 0.188. The maximum atomic E-state index is 5.97. The number of nitrogens with two attached hydrogens (primary N) is 2. The van der Waals surface area contributed by atoms with Crippen LogP contribution in [-0.2, 0) is 9.48 Å². The summed E-state index contributed by atoms with van der Waals surface area (Å²) in [6.07, 6.45) is 4.63. The Balaban J connectivity index is 2.01. The Bertz CT molecular complexity index is 605. The molecular weight excluding hydrogens is 276 g/mol. The van der Waals surface area contributed by atoms with Crippen molar-refractivity contribution in [1.82, 2.24) is 15.5 Å². The molecule has 0 aliphatic carbocycles. The van der Waals surface area contributed by atoms with Gasteiger partial charge in [-0.1, -0.05) is 0 Å². The van der Waals surface area contributed by atoms with E-state index in [1.165, 1.54) is 0 Å². The average molecular weight is 292 g/mol. The average Bonchev–Trinajstić information content (AvgIpc) is 3.03. The Kier molecular flexibility index (Phi) is 3.19. The molecule has 0 saturated heterocycles. The van der Waals surface area contributed by atoms with E-state index in [0.717, 1.165) is 22.7 Å². The van der Waals surface area contributed by atoms with Crippen molar-refractivity contribution in [2.75, 3.05) is 13.7 Å². The molecule has 0 fully saturated rings. The molecule has 106 valence electrons. The minimum Gasteiger partial charge on any atom is -0.385 e. The SMILES string of the molecule is COCCC1(c2ccn[nH]2)C=C2NC(N)=NC(N)=C2S1. The summed E-state index contributed by atoms with van der Waals surface area (Å²) in [6, 6.07) is 1.96. The van der Waals surface area contributed by atoms with Gasteiger partial charge < -0.3 is 21.5 Å². The lowest BCUT2D eigenvalue weighted by Gasteiger charge is -2.24. The number of hydrogen-bond acceptors (Lipinski definition) is 7. The number of nitrogens with one attached hydrogen (secondary N) is 2. The first-order valence-corrected chi connectivity index (χ1v) is 6.98. The van der Waals surface area contributed by atoms with Gasteiger partial charge in [-0.2, -0.15) is 10.1 Å². The molecule has 0 saturated carbocycles. The van der Waals surface area contributed by atoms with E-state index >= 15 is 0 Å². The fraction of sp³-hybridized carbons (Fsp3) is 0.333. The molecular formula is C12H16N6OS. The van der Waals surface area contributed by atoms with Gasteiger partial charge >= 0.3 is 0 Å². The van der Waals surface area contributed by atoms with E-state index in [1.54, 1.807) is 25.1 Å². The van der Waals surface area contributed by atoms with Crippen LogP contribution >= 0.6 is 11.8 Å². The summed E-state index contributed by atoms with van der Waals surface area (Å²) in [5.74, 6) is 0.751. The van der Waals surface area contributed by atoms with Gasteiger partial charge in [0.25, 0.3) is 0 Å². The number of ether oxygens (including phenoxy) is 1. The Hall–Kier alpha value is -1.93. The van der Waals surface area contributed by atoms with E-state index in [2.05, 4.69) is 26.6 Å². The van der Waals surface area contributed by atoms with Gasteiger partial charge in [-0.05, 0) is 18.6 Å². The summed E-state index contributed by atoms with van der Waals surface area (Å²) in [5.41, 5.74) is 13.6. The zero-order valence-corrected chi connectivity index (χ0v) is 11.8. The lowest BCUT2D eigenvalue weighted by atomic mass is 9.99. The van der Waals surface area contributed by atoms with Gasteiger partial charge in [0, 0.05) is 19.9 Å². The van der Waals surface area contributed by atoms with Crippen LogP contribution in [0.4, 0.5) is 0 Å². The highest BCUT2D eigenvalue weighted by atomic mass is 32.2. The number of guanidine groups is 1. The van der Waals surface area contributed by atoms with Crippen molar-refractivity contribution in [2.45, 2.75) is 11.2 Å². The Labute approximate surface area is 120 Å². The van der Waals surface area contributed by atoms with Crippen LogP contribution in [0, 0.1) is 0 Å². The lowest BCUT2D eigenvalue weighted by Crippen LogP contribution is -2.34. The van der Waals surface area contributed by atoms with Crippen LogP contribution in [0.2, 0.25) is 0 Å². The molecule has 7 nitrogen and oxygen atoms in total. The Morgan fingerprint density at radius 3 is 3.00 bits per heavy atom. The number of hydrogen-bond donors (Lipinski definition) is 4. The van der Waals surface area contributed by atoms with Crippen LogP contribution in [0.15, 0.2) is 39.8 Å². The normalized spacial score (nSPS) is 25.1. The molecule has 20 heavy (non-hydrogen) atoms. The van der Waals surface area contributed by atoms with Gasteiger partial charge in [0.05, 0.1) is 21.0 Å². The van der Waals surface area contributed by atoms with Gasteiger partial charge in [-0.3, -0.25) is 5.10 Å². The molecule has 1 aromatic heterocycles. The second kappa shape index (κ2) is 4.88. The van der Waals surface area contributed by atoms with E-state index in [1.807, 2.05) is 6.07 Å². The fourth-order valence-corrected chi connectivity index (χ4v) is 3.65. The van der Waals surface area contributed by atoms with E-state index in [4.69, 9.17) is 16.2 Å². The quantitative estimate of drug-likeness (QED) is 0.635. The number of aromatic amines is 1. The predicted octanol–water partition coefficient (Wildman–Crippen LogP) is 0.318. The Morgan fingerprint density at radius 1 is 1.45 bits per heavy atom. The van der Waals surface area contributed by atoms with Crippen LogP contribution in [0.3, 0.4) is 0 Å². The van der Waals surface area contributed by atoms with Gasteiger partial charge in [-0.15, -0.1) is 11.8 Å². The van der Waals surface area contributed by atoms with Crippen molar-refractivity contribution < 1.29 is 4.74 Å². The van der Waals surface area contributed by atoms with Crippen molar-refractivity contribution in [2.24, 2.45) is 16.5 Å². The summed E-state index contributed by atoms with van der Waals surface area (Å²) >= 11 is 1.64. The van der Waals surface area contributed by atoms with E-state index < -0.39 is 0 Å². The molecule has 8 heteroatoms. The molecule has 3 heterocycles. The smallest absolute Gasteiger partial charge is 0.199 e. The van der Waals surface area contributed by atoms with Crippen molar-refractivity contribution in [3.63, 3.8) is 0 Å². The number of aliphatic imine (C=N–C) groups is 1. The maximum Gasteiger partial charge on any atom is 0.199 e. The third-order valence-electron chi connectivity index (χ3n) is 3.28. The second-order valence-corrected chi connectivity index (χ2v) is 5.94. The number of rotatable bonds is 4. The predicted molar refractivity (Wildman–Crippen MR) is 78.4 cm³/mol. The topological polar surface area (TPSA) is 114 Å². The zero-order chi connectivity index (χ0) is 14.2. The molecule has 1 aromatic rings. The molecule has 3 rings (SSSR count). The molecule has 1 atom stereocenters. The molecule has 0 spiro atoms. The van der Waals surface area contributed by atoms with E-state index in [9.17, 15) is 0 Å². The van der Waals surface area contributed by atoms with Crippen molar-refractivity contribution >= 4 is 17.7 Å². The summed E-state index contributed by atoms with van der Waals surface area (Å²) in [4.78, 5) is 4.98. The van der Waals surface area contributed by atoms with Gasteiger partial charge in [0.15, 0.2) is 5.96 Å². The monoisotopic (exact) mass is 292 g/mol. The molecule has 0 aromatic carbocycles. The molecule has 1 unspecified atom stereocenters. The van der Waals surface area contributed by atoms with Crippen LogP contribution in [-0.4, -0.2) is 29.9 Å². The minimum absolute atomic E-state index is 0.297. The molecule has 0 bridgehead atoms. The first-order chi connectivity index (χ1) is 9.64. The van der Waals surface area contributed by atoms with Crippen molar-refractivity contribution in [3.8, 4) is 0 Å². The van der Waals surface area contributed by atoms with Gasteiger partial charge in [-0.25, -0.2) is 0 Å². The summed E-state index contributed by atoms with van der Waals surface area (Å²) < 4.78 is 4.93. The summed E-state index contributed by atoms with van der Waals surface area (Å²) in [5, 5.41) is 10.1.